The molecule has 110 valence electrons. The molecule has 0 fully saturated rings. The number of phenolic OH excluding ortho intramolecular Hbond substituents is 1. The lowest BCUT2D eigenvalue weighted by molar-refractivity contribution is 0.373. The molecule has 22 heavy (non-hydrogen) atoms. The molecular weight excluding hydrogens is 278 g/mol. The van der Waals surface area contributed by atoms with Crippen LogP contribution in [-0.4, -0.2) is 17.2 Å². The Morgan fingerprint density at radius 2 is 1.91 bits per heavy atom. The summed E-state index contributed by atoms with van der Waals surface area (Å²) in [4.78, 5) is 4.36. The summed E-state index contributed by atoms with van der Waals surface area (Å²) in [7, 11) is 1.52. The first kappa shape index (κ1) is 13.9. The standard InChI is InChI=1S/C18H15NO3/c1-21-17-12-13(10-11-15(17)20)6-2-5-9-18-19-14-7-3-4-8-16(14)22-18/h2-12,20H,1H3/b6-2+,9-5+. The maximum atomic E-state index is 9.54. The number of hydrogen-bond donors (Lipinski definition) is 1. The van der Waals surface area contributed by atoms with E-state index in [0.29, 0.717) is 11.6 Å². The van der Waals surface area contributed by atoms with Gasteiger partial charge in [0.25, 0.3) is 0 Å². The molecule has 3 aromatic rings. The first-order valence-electron chi connectivity index (χ1n) is 6.83. The molecule has 1 heterocycles. The number of phenols is 1. The second kappa shape index (κ2) is 6.18. The molecule has 0 radical (unpaired) electrons. The first-order valence-corrected chi connectivity index (χ1v) is 6.83. The molecule has 1 N–H and O–H groups in total. The number of ether oxygens (including phenoxy) is 1. The third-order valence-corrected chi connectivity index (χ3v) is 3.15. The van der Waals surface area contributed by atoms with Gasteiger partial charge in [0.1, 0.15) is 5.52 Å². The number of nitrogens with zero attached hydrogens (tertiary/aromatic N) is 1. The van der Waals surface area contributed by atoms with Crippen molar-refractivity contribution in [1.29, 1.82) is 0 Å². The van der Waals surface area contributed by atoms with Crippen LogP contribution in [0.25, 0.3) is 23.3 Å². The molecule has 0 saturated carbocycles. The fraction of sp³-hybridized carbons (Fsp3) is 0.0556. The van der Waals surface area contributed by atoms with E-state index in [2.05, 4.69) is 4.98 Å². The van der Waals surface area contributed by atoms with Crippen molar-refractivity contribution in [2.24, 2.45) is 0 Å². The molecule has 4 nitrogen and oxygen atoms in total. The number of benzene rings is 2. The molecule has 0 bridgehead atoms. The third-order valence-electron chi connectivity index (χ3n) is 3.15. The Kier molecular flexibility index (Phi) is 3.92. The van der Waals surface area contributed by atoms with Gasteiger partial charge < -0.3 is 14.3 Å². The van der Waals surface area contributed by atoms with Gasteiger partial charge in [-0.1, -0.05) is 36.4 Å². The van der Waals surface area contributed by atoms with Gasteiger partial charge in [0, 0.05) is 6.08 Å². The molecule has 0 amide bonds. The predicted octanol–water partition coefficient (Wildman–Crippen LogP) is 4.27. The van der Waals surface area contributed by atoms with Crippen molar-refractivity contribution in [3.05, 3.63) is 66.1 Å². The highest BCUT2D eigenvalue weighted by atomic mass is 16.5. The van der Waals surface area contributed by atoms with Crippen LogP contribution in [0.3, 0.4) is 0 Å². The highest BCUT2D eigenvalue weighted by Crippen LogP contribution is 2.26. The molecule has 4 heteroatoms. The van der Waals surface area contributed by atoms with E-state index in [1.807, 2.05) is 48.6 Å². The number of methoxy groups -OCH3 is 1. The maximum absolute atomic E-state index is 9.54. The molecule has 0 aliphatic carbocycles. The smallest absolute Gasteiger partial charge is 0.219 e. The van der Waals surface area contributed by atoms with E-state index >= 15 is 0 Å². The van der Waals surface area contributed by atoms with Crippen molar-refractivity contribution in [1.82, 2.24) is 4.98 Å². The van der Waals surface area contributed by atoms with E-state index in [1.165, 1.54) is 7.11 Å². The Morgan fingerprint density at radius 3 is 2.73 bits per heavy atom. The van der Waals surface area contributed by atoms with E-state index in [-0.39, 0.29) is 5.75 Å². The van der Waals surface area contributed by atoms with Crippen LogP contribution in [0.2, 0.25) is 0 Å². The van der Waals surface area contributed by atoms with Crippen LogP contribution < -0.4 is 4.74 Å². The van der Waals surface area contributed by atoms with Crippen LogP contribution in [0, 0.1) is 0 Å². The van der Waals surface area contributed by atoms with Crippen molar-refractivity contribution in [3.8, 4) is 11.5 Å². The number of allylic oxidation sites excluding steroid dienone is 2. The molecular formula is C18H15NO3. The largest absolute Gasteiger partial charge is 0.504 e. The normalized spacial score (nSPS) is 11.7. The van der Waals surface area contributed by atoms with Crippen LogP contribution in [-0.2, 0) is 0 Å². The minimum atomic E-state index is 0.127. The second-order valence-corrected chi connectivity index (χ2v) is 4.67. The quantitative estimate of drug-likeness (QED) is 0.730. The van der Waals surface area contributed by atoms with Crippen LogP contribution >= 0.6 is 0 Å². The SMILES string of the molecule is COc1cc(/C=C/C=C/c2nc3ccccc3o2)ccc1O. The average Bonchev–Trinajstić information content (AvgIpc) is 2.95. The van der Waals surface area contributed by atoms with Gasteiger partial charge in [-0.15, -0.1) is 0 Å². The van der Waals surface area contributed by atoms with Gasteiger partial charge in [0.2, 0.25) is 5.89 Å². The van der Waals surface area contributed by atoms with Crippen LogP contribution in [0.15, 0.2) is 59.0 Å². The van der Waals surface area contributed by atoms with Gasteiger partial charge in [-0.05, 0) is 29.8 Å². The Labute approximate surface area is 128 Å². The summed E-state index contributed by atoms with van der Waals surface area (Å²) < 4.78 is 10.7. The van der Waals surface area contributed by atoms with Gasteiger partial charge in [0.15, 0.2) is 17.1 Å². The Morgan fingerprint density at radius 1 is 1.09 bits per heavy atom. The average molecular weight is 293 g/mol. The topological polar surface area (TPSA) is 55.5 Å². The fourth-order valence-corrected chi connectivity index (χ4v) is 2.06. The summed E-state index contributed by atoms with van der Waals surface area (Å²) in [5.41, 5.74) is 2.54. The van der Waals surface area contributed by atoms with Gasteiger partial charge >= 0.3 is 0 Å². The Bertz CT molecular complexity index is 813. The highest BCUT2D eigenvalue weighted by Gasteiger charge is 2.01. The highest BCUT2D eigenvalue weighted by molar-refractivity contribution is 5.73. The number of aromatic nitrogens is 1. The molecule has 3 rings (SSSR count). The first-order chi connectivity index (χ1) is 10.8. The Balaban J connectivity index is 1.73. The van der Waals surface area contributed by atoms with Crippen molar-refractivity contribution >= 4 is 23.3 Å². The Hall–Kier alpha value is -3.01. The molecule has 0 unspecified atom stereocenters. The summed E-state index contributed by atoms with van der Waals surface area (Å²) in [6, 6.07) is 12.8. The van der Waals surface area contributed by atoms with E-state index < -0.39 is 0 Å². The molecule has 0 spiro atoms. The van der Waals surface area contributed by atoms with Gasteiger partial charge in [-0.2, -0.15) is 0 Å². The molecule has 0 saturated heterocycles. The number of fused-ring (bicyclic) bond motifs is 1. The van der Waals surface area contributed by atoms with E-state index in [0.717, 1.165) is 16.7 Å². The minimum Gasteiger partial charge on any atom is -0.504 e. The molecule has 2 aromatic carbocycles. The van der Waals surface area contributed by atoms with Gasteiger partial charge in [0.05, 0.1) is 7.11 Å². The number of rotatable bonds is 4. The fourth-order valence-electron chi connectivity index (χ4n) is 2.06. The second-order valence-electron chi connectivity index (χ2n) is 4.67. The molecule has 0 aliphatic rings. The lowest BCUT2D eigenvalue weighted by Crippen LogP contribution is -1.83. The minimum absolute atomic E-state index is 0.127. The number of oxazole rings is 1. The zero-order chi connectivity index (χ0) is 15.4. The number of para-hydroxylation sites is 2. The molecule has 0 aliphatic heterocycles. The number of aromatic hydroxyl groups is 1. The summed E-state index contributed by atoms with van der Waals surface area (Å²) in [5.74, 6) is 1.14. The van der Waals surface area contributed by atoms with Crippen LogP contribution in [0.5, 0.6) is 11.5 Å². The summed E-state index contributed by atoms with van der Waals surface area (Å²) in [6.07, 6.45) is 7.43. The third kappa shape index (κ3) is 3.01. The molecule has 1 aromatic heterocycles. The van der Waals surface area contributed by atoms with Gasteiger partial charge in [-0.3, -0.25) is 0 Å². The molecule has 0 atom stereocenters. The summed E-state index contributed by atoms with van der Waals surface area (Å²) in [5, 5.41) is 9.54. The lowest BCUT2D eigenvalue weighted by Gasteiger charge is -2.03. The monoisotopic (exact) mass is 293 g/mol. The van der Waals surface area contributed by atoms with E-state index in [9.17, 15) is 5.11 Å². The predicted molar refractivity (Wildman–Crippen MR) is 86.7 cm³/mol. The zero-order valence-corrected chi connectivity index (χ0v) is 12.1. The van der Waals surface area contributed by atoms with Crippen molar-refractivity contribution in [2.75, 3.05) is 7.11 Å². The van der Waals surface area contributed by atoms with Gasteiger partial charge in [-0.25, -0.2) is 4.98 Å². The van der Waals surface area contributed by atoms with Crippen molar-refractivity contribution in [2.45, 2.75) is 0 Å². The van der Waals surface area contributed by atoms with Crippen LogP contribution in [0.1, 0.15) is 11.5 Å². The zero-order valence-electron chi connectivity index (χ0n) is 12.1. The summed E-state index contributed by atoms with van der Waals surface area (Å²) >= 11 is 0. The lowest BCUT2D eigenvalue weighted by atomic mass is 10.2. The maximum Gasteiger partial charge on any atom is 0.219 e. The number of hydrogen-bond acceptors (Lipinski definition) is 4. The van der Waals surface area contributed by atoms with Crippen LogP contribution in [0.4, 0.5) is 0 Å². The summed E-state index contributed by atoms with van der Waals surface area (Å²) in [6.45, 7) is 0. The van der Waals surface area contributed by atoms with E-state index in [4.69, 9.17) is 9.15 Å². The van der Waals surface area contributed by atoms with Crippen molar-refractivity contribution in [3.63, 3.8) is 0 Å². The van der Waals surface area contributed by atoms with E-state index in [1.54, 1.807) is 18.2 Å². The van der Waals surface area contributed by atoms with Crippen molar-refractivity contribution < 1.29 is 14.3 Å².